The van der Waals surface area contributed by atoms with Gasteiger partial charge in [-0.1, -0.05) is 30.3 Å². The van der Waals surface area contributed by atoms with E-state index in [1.54, 1.807) is 43.4 Å². The van der Waals surface area contributed by atoms with Crippen LogP contribution in [0.3, 0.4) is 0 Å². The van der Waals surface area contributed by atoms with Crippen LogP contribution in [0.5, 0.6) is 11.5 Å². The van der Waals surface area contributed by atoms with E-state index in [-0.39, 0.29) is 5.91 Å². The molecule has 1 atom stereocenters. The Labute approximate surface area is 202 Å². The highest BCUT2D eigenvalue weighted by Gasteiger charge is 2.35. The number of nitrogens with zero attached hydrogens (tertiary/aromatic N) is 4. The summed E-state index contributed by atoms with van der Waals surface area (Å²) in [6.07, 6.45) is 3.42. The standard InChI is InChI=1S/C26H24N6O3/c1-16-22(25(33)29-19-11-5-7-13-21(19)35-3)23(17-9-8-14-27-15-17)32-26(28-16)30-24(31-32)18-10-4-6-12-20(18)34-2/h4-15,23H,1-3H3,(H,29,33)(H,28,30,31)/t23-/m0/s1. The Morgan fingerprint density at radius 1 is 1.00 bits per heavy atom. The maximum absolute atomic E-state index is 13.7. The van der Waals surface area contributed by atoms with E-state index >= 15 is 0 Å². The number of pyridine rings is 1. The van der Waals surface area contributed by atoms with Gasteiger partial charge in [-0.05, 0) is 42.8 Å². The first kappa shape index (κ1) is 22.1. The van der Waals surface area contributed by atoms with Gasteiger partial charge in [0, 0.05) is 18.1 Å². The van der Waals surface area contributed by atoms with Gasteiger partial charge >= 0.3 is 0 Å². The third-order valence-electron chi connectivity index (χ3n) is 5.80. The van der Waals surface area contributed by atoms with E-state index in [9.17, 15) is 4.79 Å². The lowest BCUT2D eigenvalue weighted by Crippen LogP contribution is -2.31. The number of benzene rings is 2. The van der Waals surface area contributed by atoms with Crippen molar-refractivity contribution < 1.29 is 14.3 Å². The van der Waals surface area contributed by atoms with Crippen LogP contribution in [0.15, 0.2) is 84.3 Å². The molecule has 176 valence electrons. The van der Waals surface area contributed by atoms with Crippen molar-refractivity contribution in [2.24, 2.45) is 0 Å². The number of hydrogen-bond acceptors (Lipinski definition) is 7. The summed E-state index contributed by atoms with van der Waals surface area (Å²) in [5.74, 6) is 1.95. The highest BCUT2D eigenvalue weighted by molar-refractivity contribution is 6.06. The summed E-state index contributed by atoms with van der Waals surface area (Å²) in [6.45, 7) is 1.85. The van der Waals surface area contributed by atoms with E-state index in [2.05, 4.69) is 15.6 Å². The number of amides is 1. The van der Waals surface area contributed by atoms with Crippen LogP contribution in [-0.2, 0) is 4.79 Å². The predicted octanol–water partition coefficient (Wildman–Crippen LogP) is 4.28. The van der Waals surface area contributed by atoms with Crippen molar-refractivity contribution in [1.29, 1.82) is 0 Å². The smallest absolute Gasteiger partial charge is 0.255 e. The third-order valence-corrected chi connectivity index (χ3v) is 5.80. The van der Waals surface area contributed by atoms with Crippen molar-refractivity contribution >= 4 is 17.5 Å². The minimum Gasteiger partial charge on any atom is -0.496 e. The molecule has 2 N–H and O–H groups in total. The lowest BCUT2D eigenvalue weighted by molar-refractivity contribution is -0.113. The highest BCUT2D eigenvalue weighted by Crippen LogP contribution is 2.38. The number of para-hydroxylation sites is 3. The average Bonchev–Trinajstić information content (AvgIpc) is 3.32. The first-order valence-corrected chi connectivity index (χ1v) is 11.0. The SMILES string of the molecule is COc1ccccc1NC(=O)C1=C(C)Nc2nc(-c3ccccc3OC)nn2[C@H]1c1cccnc1. The fourth-order valence-electron chi connectivity index (χ4n) is 4.17. The summed E-state index contributed by atoms with van der Waals surface area (Å²) in [5, 5.41) is 11.0. The number of fused-ring (bicyclic) bond motifs is 1. The van der Waals surface area contributed by atoms with Crippen molar-refractivity contribution in [2.75, 3.05) is 24.9 Å². The second kappa shape index (κ2) is 9.30. The van der Waals surface area contributed by atoms with Crippen LogP contribution in [0.25, 0.3) is 11.4 Å². The second-order valence-electron chi connectivity index (χ2n) is 7.91. The first-order valence-electron chi connectivity index (χ1n) is 11.0. The fraction of sp³-hybridized carbons (Fsp3) is 0.154. The number of carbonyl (C=O) groups excluding carboxylic acids is 1. The molecular formula is C26H24N6O3. The van der Waals surface area contributed by atoms with Crippen molar-refractivity contribution in [2.45, 2.75) is 13.0 Å². The van der Waals surface area contributed by atoms with Gasteiger partial charge in [0.05, 0.1) is 31.0 Å². The number of anilines is 2. The predicted molar refractivity (Wildman–Crippen MR) is 132 cm³/mol. The van der Waals surface area contributed by atoms with Gasteiger partial charge < -0.3 is 20.1 Å². The summed E-state index contributed by atoms with van der Waals surface area (Å²) >= 11 is 0. The van der Waals surface area contributed by atoms with Gasteiger partial charge in [-0.15, -0.1) is 5.10 Å². The Morgan fingerprint density at radius 2 is 1.74 bits per heavy atom. The van der Waals surface area contributed by atoms with Gasteiger partial charge in [-0.2, -0.15) is 4.98 Å². The van der Waals surface area contributed by atoms with E-state index in [4.69, 9.17) is 19.6 Å². The van der Waals surface area contributed by atoms with E-state index in [0.717, 1.165) is 11.1 Å². The van der Waals surface area contributed by atoms with E-state index in [1.165, 1.54) is 0 Å². The molecule has 0 fully saturated rings. The number of hydrogen-bond donors (Lipinski definition) is 2. The molecule has 0 aliphatic carbocycles. The van der Waals surface area contributed by atoms with E-state index in [1.807, 2.05) is 55.5 Å². The van der Waals surface area contributed by atoms with Gasteiger partial charge in [0.1, 0.15) is 17.5 Å². The van der Waals surface area contributed by atoms with Crippen LogP contribution >= 0.6 is 0 Å². The number of aromatic nitrogens is 4. The minimum absolute atomic E-state index is 0.284. The largest absolute Gasteiger partial charge is 0.496 e. The highest BCUT2D eigenvalue weighted by atomic mass is 16.5. The van der Waals surface area contributed by atoms with Gasteiger partial charge in [-0.3, -0.25) is 9.78 Å². The molecule has 5 rings (SSSR count). The fourth-order valence-corrected chi connectivity index (χ4v) is 4.17. The molecule has 0 spiro atoms. The summed E-state index contributed by atoms with van der Waals surface area (Å²) in [5.41, 5.74) is 3.28. The Bertz CT molecular complexity index is 1410. The molecule has 0 bridgehead atoms. The van der Waals surface area contributed by atoms with E-state index in [0.29, 0.717) is 40.2 Å². The zero-order valence-corrected chi connectivity index (χ0v) is 19.5. The molecule has 0 unspecified atom stereocenters. The molecule has 1 amide bonds. The number of allylic oxidation sites excluding steroid dienone is 1. The molecule has 35 heavy (non-hydrogen) atoms. The van der Waals surface area contributed by atoms with Crippen molar-refractivity contribution in [3.05, 3.63) is 89.9 Å². The molecule has 9 heteroatoms. The van der Waals surface area contributed by atoms with Crippen molar-refractivity contribution in [1.82, 2.24) is 19.7 Å². The Balaban J connectivity index is 1.60. The lowest BCUT2D eigenvalue weighted by atomic mass is 9.96. The Morgan fingerprint density at radius 3 is 2.49 bits per heavy atom. The van der Waals surface area contributed by atoms with Crippen LogP contribution in [-0.4, -0.2) is 39.9 Å². The average molecular weight is 469 g/mol. The molecule has 1 aliphatic heterocycles. The van der Waals surface area contributed by atoms with Gasteiger partial charge in [0.2, 0.25) is 5.95 Å². The molecule has 2 aromatic heterocycles. The van der Waals surface area contributed by atoms with Gasteiger partial charge in [0.15, 0.2) is 5.82 Å². The molecule has 9 nitrogen and oxygen atoms in total. The van der Waals surface area contributed by atoms with Crippen LogP contribution in [0.4, 0.5) is 11.6 Å². The Kier molecular flexibility index (Phi) is 5.88. The topological polar surface area (TPSA) is 103 Å². The minimum atomic E-state index is -0.550. The van der Waals surface area contributed by atoms with Crippen molar-refractivity contribution in [3.63, 3.8) is 0 Å². The monoisotopic (exact) mass is 468 g/mol. The lowest BCUT2D eigenvalue weighted by Gasteiger charge is -2.28. The van der Waals surface area contributed by atoms with Crippen LogP contribution < -0.4 is 20.1 Å². The quantitative estimate of drug-likeness (QED) is 0.435. The summed E-state index contributed by atoms with van der Waals surface area (Å²) in [6, 6.07) is 18.0. The third kappa shape index (κ3) is 4.08. The zero-order valence-electron chi connectivity index (χ0n) is 19.5. The number of carbonyl (C=O) groups is 1. The number of nitrogens with one attached hydrogen (secondary N) is 2. The second-order valence-corrected chi connectivity index (χ2v) is 7.91. The summed E-state index contributed by atoms with van der Waals surface area (Å²) in [4.78, 5) is 22.6. The number of methoxy groups -OCH3 is 2. The molecule has 0 saturated heterocycles. The summed E-state index contributed by atoms with van der Waals surface area (Å²) in [7, 11) is 3.18. The maximum atomic E-state index is 13.7. The molecule has 0 radical (unpaired) electrons. The molecule has 2 aromatic carbocycles. The Hall–Kier alpha value is -4.66. The van der Waals surface area contributed by atoms with E-state index < -0.39 is 6.04 Å². The first-order chi connectivity index (χ1) is 17.1. The summed E-state index contributed by atoms with van der Waals surface area (Å²) < 4.78 is 12.6. The maximum Gasteiger partial charge on any atom is 0.255 e. The molecular weight excluding hydrogens is 444 g/mol. The van der Waals surface area contributed by atoms with Crippen molar-refractivity contribution in [3.8, 4) is 22.9 Å². The van der Waals surface area contributed by atoms with Gasteiger partial charge in [0.25, 0.3) is 5.91 Å². The van der Waals surface area contributed by atoms with Crippen LogP contribution in [0.2, 0.25) is 0 Å². The number of ether oxygens (including phenoxy) is 2. The molecule has 4 aromatic rings. The number of rotatable bonds is 6. The van der Waals surface area contributed by atoms with Gasteiger partial charge in [-0.25, -0.2) is 4.68 Å². The van der Waals surface area contributed by atoms with Crippen LogP contribution in [0.1, 0.15) is 18.5 Å². The normalized spacial score (nSPS) is 14.7. The molecule has 3 heterocycles. The molecule has 1 aliphatic rings. The zero-order chi connectivity index (χ0) is 24.4. The van der Waals surface area contributed by atoms with Crippen LogP contribution in [0, 0.1) is 0 Å². The molecule has 0 saturated carbocycles.